The number of fused-ring (bicyclic) bond motifs is 5. The standard InChI is InChI=1S/C24H32O4/c1-22-10-9-20-17(8-12-24(27)13-16(25)7-11-23(20,24)2)19(22)5-4-18(22)15-3-6-21(26)28-14-15/h3,5-6,14,16-18,20,25,27H,4,7-13H2,1-2H3/t16-,17-,18+,20-,22+,23+,24-/m0/s1. The molecule has 3 fully saturated rings. The van der Waals surface area contributed by atoms with E-state index in [9.17, 15) is 15.0 Å². The number of aliphatic hydroxyl groups is 2. The first-order valence-corrected chi connectivity index (χ1v) is 11.0. The van der Waals surface area contributed by atoms with Crippen molar-refractivity contribution in [2.45, 2.75) is 82.8 Å². The molecule has 1 aromatic rings. The molecule has 0 aliphatic heterocycles. The molecule has 0 aromatic carbocycles. The first-order valence-electron chi connectivity index (χ1n) is 11.0. The predicted octanol–water partition coefficient (Wildman–Crippen LogP) is 4.16. The maximum atomic E-state index is 11.5. The van der Waals surface area contributed by atoms with Crippen molar-refractivity contribution >= 4 is 0 Å². The molecule has 4 aliphatic rings. The van der Waals surface area contributed by atoms with E-state index in [1.54, 1.807) is 11.8 Å². The van der Waals surface area contributed by atoms with Crippen molar-refractivity contribution < 1.29 is 14.6 Å². The lowest BCUT2D eigenvalue weighted by Crippen LogP contribution is -2.61. The number of hydrogen-bond acceptors (Lipinski definition) is 4. The lowest BCUT2D eigenvalue weighted by Gasteiger charge is -2.62. The second-order valence-electron chi connectivity index (χ2n) is 10.4. The van der Waals surface area contributed by atoms with Gasteiger partial charge in [-0.1, -0.05) is 25.5 Å². The Kier molecular flexibility index (Phi) is 4.03. The Morgan fingerprint density at radius 1 is 1.11 bits per heavy atom. The summed E-state index contributed by atoms with van der Waals surface area (Å²) < 4.78 is 5.18. The van der Waals surface area contributed by atoms with Crippen LogP contribution in [0.15, 0.2) is 39.3 Å². The van der Waals surface area contributed by atoms with E-state index in [0.29, 0.717) is 24.2 Å². The van der Waals surface area contributed by atoms with Crippen LogP contribution in [0.2, 0.25) is 0 Å². The molecule has 4 aliphatic carbocycles. The van der Waals surface area contributed by atoms with Crippen molar-refractivity contribution in [1.82, 2.24) is 0 Å². The molecule has 3 saturated carbocycles. The van der Waals surface area contributed by atoms with E-state index in [2.05, 4.69) is 19.9 Å². The van der Waals surface area contributed by atoms with Gasteiger partial charge in [0.2, 0.25) is 0 Å². The van der Waals surface area contributed by atoms with Crippen LogP contribution in [0.5, 0.6) is 0 Å². The van der Waals surface area contributed by atoms with E-state index in [0.717, 1.165) is 50.5 Å². The molecule has 1 aromatic heterocycles. The average Bonchev–Trinajstić information content (AvgIpc) is 3.01. The third-order valence-corrected chi connectivity index (χ3v) is 9.31. The van der Waals surface area contributed by atoms with Crippen molar-refractivity contribution in [3.05, 3.63) is 46.0 Å². The van der Waals surface area contributed by atoms with Crippen LogP contribution >= 0.6 is 0 Å². The number of aliphatic hydroxyl groups excluding tert-OH is 1. The molecule has 5 rings (SSSR count). The zero-order valence-corrected chi connectivity index (χ0v) is 17.0. The molecule has 4 heteroatoms. The Hall–Kier alpha value is -1.39. The SMILES string of the molecule is C[C@]12CC[C@H]3[C@@H](CC[C@]4(O)C[C@@H](O)CC[C@]34C)C1=CC[C@@H]2c1ccc(=O)oc1. The van der Waals surface area contributed by atoms with Crippen molar-refractivity contribution in [2.24, 2.45) is 22.7 Å². The van der Waals surface area contributed by atoms with Gasteiger partial charge in [0.1, 0.15) is 0 Å². The maximum Gasteiger partial charge on any atom is 0.335 e. The topological polar surface area (TPSA) is 70.7 Å². The van der Waals surface area contributed by atoms with Gasteiger partial charge in [0.05, 0.1) is 18.0 Å². The molecular formula is C24H32O4. The Balaban J connectivity index is 1.47. The molecule has 7 atom stereocenters. The second kappa shape index (κ2) is 6.06. The summed E-state index contributed by atoms with van der Waals surface area (Å²) in [5, 5.41) is 21.7. The van der Waals surface area contributed by atoms with Gasteiger partial charge in [-0.05, 0) is 85.2 Å². The fourth-order valence-corrected chi connectivity index (χ4v) is 7.63. The minimum absolute atomic E-state index is 0.102. The van der Waals surface area contributed by atoms with E-state index in [-0.39, 0.29) is 22.6 Å². The molecule has 0 radical (unpaired) electrons. The van der Waals surface area contributed by atoms with Crippen LogP contribution in [0.4, 0.5) is 0 Å². The largest absolute Gasteiger partial charge is 0.431 e. The maximum absolute atomic E-state index is 11.5. The third kappa shape index (κ3) is 2.40. The number of hydrogen-bond donors (Lipinski definition) is 2. The molecule has 152 valence electrons. The van der Waals surface area contributed by atoms with Gasteiger partial charge in [0.15, 0.2) is 0 Å². The zero-order valence-electron chi connectivity index (χ0n) is 17.0. The molecule has 0 bridgehead atoms. The van der Waals surface area contributed by atoms with Crippen LogP contribution in [0.3, 0.4) is 0 Å². The average molecular weight is 385 g/mol. The normalized spacial score (nSPS) is 47.6. The minimum atomic E-state index is -0.721. The van der Waals surface area contributed by atoms with Gasteiger partial charge in [-0.3, -0.25) is 0 Å². The summed E-state index contributed by atoms with van der Waals surface area (Å²) in [6, 6.07) is 3.48. The Morgan fingerprint density at radius 2 is 1.93 bits per heavy atom. The fourth-order valence-electron chi connectivity index (χ4n) is 7.63. The Labute approximate surface area is 166 Å². The van der Waals surface area contributed by atoms with E-state index >= 15 is 0 Å². The van der Waals surface area contributed by atoms with Gasteiger partial charge in [-0.15, -0.1) is 0 Å². The smallest absolute Gasteiger partial charge is 0.335 e. The van der Waals surface area contributed by atoms with Crippen LogP contribution in [-0.4, -0.2) is 21.9 Å². The summed E-state index contributed by atoms with van der Waals surface area (Å²) in [4.78, 5) is 11.4. The lowest BCUT2D eigenvalue weighted by molar-refractivity contribution is -0.201. The van der Waals surface area contributed by atoms with Gasteiger partial charge >= 0.3 is 5.63 Å². The highest BCUT2D eigenvalue weighted by molar-refractivity contribution is 5.36. The van der Waals surface area contributed by atoms with Crippen molar-refractivity contribution in [1.29, 1.82) is 0 Å². The molecule has 28 heavy (non-hydrogen) atoms. The van der Waals surface area contributed by atoms with Crippen LogP contribution in [0, 0.1) is 22.7 Å². The predicted molar refractivity (Wildman–Crippen MR) is 107 cm³/mol. The van der Waals surface area contributed by atoms with Crippen LogP contribution in [0.1, 0.15) is 76.7 Å². The summed E-state index contributed by atoms with van der Waals surface area (Å²) in [6.07, 6.45) is 11.1. The van der Waals surface area contributed by atoms with Gasteiger partial charge in [-0.2, -0.15) is 0 Å². The number of rotatable bonds is 1. The minimum Gasteiger partial charge on any atom is -0.431 e. The van der Waals surface area contributed by atoms with Crippen LogP contribution < -0.4 is 5.63 Å². The third-order valence-electron chi connectivity index (χ3n) is 9.31. The first-order chi connectivity index (χ1) is 13.3. The van der Waals surface area contributed by atoms with E-state index in [1.165, 1.54) is 6.07 Å². The van der Waals surface area contributed by atoms with Gasteiger partial charge in [-0.25, -0.2) is 4.79 Å². The highest BCUT2D eigenvalue weighted by atomic mass is 16.4. The first kappa shape index (κ1) is 18.6. The van der Waals surface area contributed by atoms with Crippen LogP contribution in [0.25, 0.3) is 0 Å². The van der Waals surface area contributed by atoms with E-state index in [1.807, 2.05) is 6.07 Å². The molecule has 1 heterocycles. The summed E-state index contributed by atoms with van der Waals surface area (Å²) in [5.41, 5.74) is 1.71. The Morgan fingerprint density at radius 3 is 2.68 bits per heavy atom. The summed E-state index contributed by atoms with van der Waals surface area (Å²) >= 11 is 0. The summed E-state index contributed by atoms with van der Waals surface area (Å²) in [5.74, 6) is 1.39. The molecule has 2 N–H and O–H groups in total. The van der Waals surface area contributed by atoms with Crippen molar-refractivity contribution in [2.75, 3.05) is 0 Å². The number of allylic oxidation sites excluding steroid dienone is 2. The van der Waals surface area contributed by atoms with E-state index < -0.39 is 5.60 Å². The molecule has 0 spiro atoms. The fraction of sp³-hybridized carbons (Fsp3) is 0.708. The molecule has 0 amide bonds. The second-order valence-corrected chi connectivity index (χ2v) is 10.4. The summed E-state index contributed by atoms with van der Waals surface area (Å²) in [6.45, 7) is 4.68. The molecule has 0 saturated heterocycles. The van der Waals surface area contributed by atoms with Crippen molar-refractivity contribution in [3.8, 4) is 0 Å². The lowest BCUT2D eigenvalue weighted by atomic mass is 9.44. The molecular weight excluding hydrogens is 352 g/mol. The van der Waals surface area contributed by atoms with Gasteiger partial charge < -0.3 is 14.6 Å². The molecule has 4 nitrogen and oxygen atoms in total. The highest BCUT2D eigenvalue weighted by Crippen LogP contribution is 2.68. The van der Waals surface area contributed by atoms with Gasteiger partial charge in [0.25, 0.3) is 0 Å². The monoisotopic (exact) mass is 384 g/mol. The quantitative estimate of drug-likeness (QED) is 0.713. The zero-order chi connectivity index (χ0) is 19.7. The summed E-state index contributed by atoms with van der Waals surface area (Å²) in [7, 11) is 0. The van der Waals surface area contributed by atoms with Crippen molar-refractivity contribution in [3.63, 3.8) is 0 Å². The van der Waals surface area contributed by atoms with E-state index in [4.69, 9.17) is 4.42 Å². The molecule has 0 unspecified atom stereocenters. The Bertz CT molecular complexity index is 851. The van der Waals surface area contributed by atoms with Crippen LogP contribution in [-0.2, 0) is 0 Å². The van der Waals surface area contributed by atoms with Gasteiger partial charge in [0, 0.05) is 12.5 Å². The highest BCUT2D eigenvalue weighted by Gasteiger charge is 2.62.